The summed E-state index contributed by atoms with van der Waals surface area (Å²) in [7, 11) is 0. The summed E-state index contributed by atoms with van der Waals surface area (Å²) >= 11 is 6.08. The Morgan fingerprint density at radius 1 is 1.33 bits per heavy atom. The Balaban J connectivity index is 2.16. The minimum Gasteiger partial charge on any atom is -0.261 e. The van der Waals surface area contributed by atoms with E-state index in [9.17, 15) is 0 Å². The van der Waals surface area contributed by atoms with Crippen LogP contribution in [0.4, 0.5) is 0 Å². The minimum atomic E-state index is 0.965. The van der Waals surface area contributed by atoms with E-state index < -0.39 is 0 Å². The molecule has 0 aliphatic rings. The summed E-state index contributed by atoms with van der Waals surface area (Å²) in [6.45, 7) is 0. The Morgan fingerprint density at radius 3 is 2.92 bits per heavy atom. The Morgan fingerprint density at radius 2 is 2.25 bits per heavy atom. The third-order valence-corrected chi connectivity index (χ3v) is 2.98. The zero-order valence-corrected chi connectivity index (χ0v) is 8.65. The lowest BCUT2D eigenvalue weighted by Gasteiger charge is -1.98. The van der Waals surface area contributed by atoms with E-state index in [2.05, 4.69) is 23.7 Å². The molecule has 0 unspecified atom stereocenters. The number of hydrogen-bond acceptors (Lipinski definition) is 3. The minimum absolute atomic E-state index is 0.965. The molecule has 0 aliphatic heterocycles. The van der Waals surface area contributed by atoms with Gasteiger partial charge in [-0.1, -0.05) is 6.07 Å². The number of aromatic nitrogens is 1. The lowest BCUT2D eigenvalue weighted by molar-refractivity contribution is 1.05. The number of thiol groups is 1. The van der Waals surface area contributed by atoms with Crippen LogP contribution in [0.25, 0.3) is 0 Å². The van der Waals surface area contributed by atoms with Crippen LogP contribution in [-0.2, 0) is 6.42 Å². The smallest absolute Gasteiger partial charge is 0.0411 e. The first-order valence-corrected chi connectivity index (χ1v) is 5.80. The van der Waals surface area contributed by atoms with Crippen molar-refractivity contribution in [3.8, 4) is 0 Å². The van der Waals surface area contributed by atoms with E-state index >= 15 is 0 Å². The Bertz CT molecular complexity index is 201. The van der Waals surface area contributed by atoms with Gasteiger partial charge in [-0.2, -0.15) is 24.4 Å². The van der Waals surface area contributed by atoms with Gasteiger partial charge < -0.3 is 0 Å². The van der Waals surface area contributed by atoms with E-state index in [1.54, 1.807) is 0 Å². The van der Waals surface area contributed by atoms with Gasteiger partial charge >= 0.3 is 0 Å². The average molecular weight is 199 g/mol. The quantitative estimate of drug-likeness (QED) is 0.577. The standard InChI is InChI=1S/C9H13NS2/c11-6-8-12-7-4-9-3-1-2-5-10-9/h1-3,5,11H,4,6-8H2. The highest BCUT2D eigenvalue weighted by molar-refractivity contribution is 7.99. The number of pyridine rings is 1. The van der Waals surface area contributed by atoms with E-state index in [1.807, 2.05) is 30.1 Å². The molecule has 1 nitrogen and oxygen atoms in total. The molecule has 0 saturated heterocycles. The zero-order valence-electron chi connectivity index (χ0n) is 6.94. The van der Waals surface area contributed by atoms with E-state index in [1.165, 1.54) is 5.69 Å². The van der Waals surface area contributed by atoms with Crippen molar-refractivity contribution in [1.82, 2.24) is 4.98 Å². The molecule has 3 heteroatoms. The average Bonchev–Trinajstić information content (AvgIpc) is 2.14. The number of rotatable bonds is 5. The predicted octanol–water partition coefficient (Wildman–Crippen LogP) is 2.29. The highest BCUT2D eigenvalue weighted by Crippen LogP contribution is 2.04. The fourth-order valence-electron chi connectivity index (χ4n) is 0.889. The molecule has 66 valence electrons. The first-order chi connectivity index (χ1) is 5.93. The second-order valence-electron chi connectivity index (χ2n) is 2.41. The topological polar surface area (TPSA) is 12.9 Å². The zero-order chi connectivity index (χ0) is 8.65. The van der Waals surface area contributed by atoms with E-state index in [0.717, 1.165) is 23.7 Å². The summed E-state index contributed by atoms with van der Waals surface area (Å²) in [4.78, 5) is 4.24. The van der Waals surface area contributed by atoms with Crippen molar-refractivity contribution in [2.24, 2.45) is 0 Å². The summed E-state index contributed by atoms with van der Waals surface area (Å²) < 4.78 is 0. The van der Waals surface area contributed by atoms with Gasteiger partial charge in [-0.05, 0) is 30.1 Å². The SMILES string of the molecule is SCCSCCc1ccccn1. The van der Waals surface area contributed by atoms with Crippen LogP contribution in [-0.4, -0.2) is 22.2 Å². The van der Waals surface area contributed by atoms with Crippen molar-refractivity contribution < 1.29 is 0 Å². The fourth-order valence-corrected chi connectivity index (χ4v) is 1.96. The van der Waals surface area contributed by atoms with Gasteiger partial charge in [-0.15, -0.1) is 0 Å². The van der Waals surface area contributed by atoms with Crippen LogP contribution in [0.3, 0.4) is 0 Å². The maximum absolute atomic E-state index is 4.24. The second kappa shape index (κ2) is 6.38. The van der Waals surface area contributed by atoms with Crippen LogP contribution in [0.5, 0.6) is 0 Å². The number of thioether (sulfide) groups is 1. The van der Waals surface area contributed by atoms with Crippen LogP contribution in [0.15, 0.2) is 24.4 Å². The van der Waals surface area contributed by atoms with E-state index in [4.69, 9.17) is 0 Å². The molecule has 1 heterocycles. The van der Waals surface area contributed by atoms with Gasteiger partial charge in [-0.3, -0.25) is 4.98 Å². The van der Waals surface area contributed by atoms with Crippen LogP contribution >= 0.6 is 24.4 Å². The normalized spacial score (nSPS) is 10.1. The summed E-state index contributed by atoms with van der Waals surface area (Å²) in [6, 6.07) is 6.05. The Labute approximate surface area is 83.4 Å². The number of aryl methyl sites for hydroxylation is 1. The van der Waals surface area contributed by atoms with Crippen molar-refractivity contribution in [2.75, 3.05) is 17.3 Å². The second-order valence-corrected chi connectivity index (χ2v) is 4.08. The van der Waals surface area contributed by atoms with Gasteiger partial charge in [0.15, 0.2) is 0 Å². The molecule has 1 aromatic heterocycles. The molecule has 0 bridgehead atoms. The molecule has 0 spiro atoms. The van der Waals surface area contributed by atoms with Crippen molar-refractivity contribution in [2.45, 2.75) is 6.42 Å². The molecule has 1 aromatic rings. The first kappa shape index (κ1) is 9.93. The van der Waals surface area contributed by atoms with Crippen molar-refractivity contribution >= 4 is 24.4 Å². The van der Waals surface area contributed by atoms with Crippen LogP contribution < -0.4 is 0 Å². The molecule has 0 radical (unpaired) electrons. The number of nitrogens with zero attached hydrogens (tertiary/aromatic N) is 1. The van der Waals surface area contributed by atoms with Crippen LogP contribution in [0, 0.1) is 0 Å². The molecular formula is C9H13NS2. The van der Waals surface area contributed by atoms with Crippen LogP contribution in [0.1, 0.15) is 5.69 Å². The van der Waals surface area contributed by atoms with Crippen molar-refractivity contribution in [3.63, 3.8) is 0 Å². The van der Waals surface area contributed by atoms with Gasteiger partial charge in [0.05, 0.1) is 0 Å². The van der Waals surface area contributed by atoms with Gasteiger partial charge in [0.1, 0.15) is 0 Å². The lowest BCUT2D eigenvalue weighted by atomic mass is 10.3. The molecule has 0 saturated carbocycles. The summed E-state index contributed by atoms with van der Waals surface area (Å²) in [5, 5.41) is 0. The molecule has 0 N–H and O–H groups in total. The lowest BCUT2D eigenvalue weighted by Crippen LogP contribution is -1.92. The van der Waals surface area contributed by atoms with Crippen molar-refractivity contribution in [3.05, 3.63) is 30.1 Å². The predicted molar refractivity (Wildman–Crippen MR) is 59.1 cm³/mol. The highest BCUT2D eigenvalue weighted by atomic mass is 32.2. The highest BCUT2D eigenvalue weighted by Gasteiger charge is 1.92. The maximum atomic E-state index is 4.24. The molecule has 12 heavy (non-hydrogen) atoms. The molecular weight excluding hydrogens is 186 g/mol. The van der Waals surface area contributed by atoms with Crippen molar-refractivity contribution in [1.29, 1.82) is 0 Å². The molecule has 0 aliphatic carbocycles. The van der Waals surface area contributed by atoms with Gasteiger partial charge in [0.25, 0.3) is 0 Å². The van der Waals surface area contributed by atoms with Gasteiger partial charge in [0, 0.05) is 17.6 Å². The summed E-state index contributed by atoms with van der Waals surface area (Å²) in [5.41, 5.74) is 1.18. The van der Waals surface area contributed by atoms with E-state index in [-0.39, 0.29) is 0 Å². The third kappa shape index (κ3) is 4.02. The monoisotopic (exact) mass is 199 g/mol. The maximum Gasteiger partial charge on any atom is 0.0411 e. The molecule has 0 aromatic carbocycles. The van der Waals surface area contributed by atoms with Gasteiger partial charge in [-0.25, -0.2) is 0 Å². The molecule has 0 fully saturated rings. The molecule has 1 rings (SSSR count). The Kier molecular flexibility index (Phi) is 5.28. The third-order valence-electron chi connectivity index (χ3n) is 1.46. The Hall–Kier alpha value is -0.150. The van der Waals surface area contributed by atoms with E-state index in [0.29, 0.717) is 0 Å². The van der Waals surface area contributed by atoms with Gasteiger partial charge in [0.2, 0.25) is 0 Å². The molecule has 0 atom stereocenters. The van der Waals surface area contributed by atoms with Crippen LogP contribution in [0.2, 0.25) is 0 Å². The largest absolute Gasteiger partial charge is 0.261 e. The molecule has 0 amide bonds. The fraction of sp³-hybridized carbons (Fsp3) is 0.444. The first-order valence-electron chi connectivity index (χ1n) is 4.02. The summed E-state index contributed by atoms with van der Waals surface area (Å²) in [5.74, 6) is 3.25. The number of hydrogen-bond donors (Lipinski definition) is 1. The summed E-state index contributed by atoms with van der Waals surface area (Å²) in [6.07, 6.45) is 2.91.